The SMILES string of the molecule is CC(c1ccc(F)cc1)N1CCC(N2CCNCC2)C1. The third-order valence-corrected chi connectivity index (χ3v) is 4.76. The molecule has 1 N–H and O–H groups in total. The minimum absolute atomic E-state index is 0.152. The number of hydrogen-bond donors (Lipinski definition) is 1. The second-order valence-electron chi connectivity index (χ2n) is 5.95. The summed E-state index contributed by atoms with van der Waals surface area (Å²) in [4.78, 5) is 5.15. The van der Waals surface area contributed by atoms with E-state index >= 15 is 0 Å². The summed E-state index contributed by atoms with van der Waals surface area (Å²) in [5, 5.41) is 3.41. The fourth-order valence-electron chi connectivity index (χ4n) is 3.42. The molecule has 0 saturated carbocycles. The molecule has 2 heterocycles. The molecule has 0 amide bonds. The van der Waals surface area contributed by atoms with E-state index in [1.807, 2.05) is 12.1 Å². The molecule has 2 fully saturated rings. The second kappa shape index (κ2) is 6.20. The van der Waals surface area contributed by atoms with Gasteiger partial charge in [-0.25, -0.2) is 4.39 Å². The first-order chi connectivity index (χ1) is 9.74. The van der Waals surface area contributed by atoms with Gasteiger partial charge in [-0.2, -0.15) is 0 Å². The van der Waals surface area contributed by atoms with Crippen molar-refractivity contribution in [1.29, 1.82) is 0 Å². The summed E-state index contributed by atoms with van der Waals surface area (Å²) in [6.45, 7) is 9.08. The van der Waals surface area contributed by atoms with Gasteiger partial charge in [-0.05, 0) is 31.0 Å². The Hall–Kier alpha value is -0.970. The highest BCUT2D eigenvalue weighted by Crippen LogP contribution is 2.26. The molecule has 110 valence electrons. The lowest BCUT2D eigenvalue weighted by atomic mass is 10.1. The number of halogens is 1. The number of hydrogen-bond acceptors (Lipinski definition) is 3. The average molecular weight is 277 g/mol. The monoisotopic (exact) mass is 277 g/mol. The summed E-state index contributed by atoms with van der Waals surface area (Å²) in [6.07, 6.45) is 1.26. The fraction of sp³-hybridized carbons (Fsp3) is 0.625. The van der Waals surface area contributed by atoms with Gasteiger partial charge in [0.1, 0.15) is 5.82 Å². The van der Waals surface area contributed by atoms with Gasteiger partial charge in [0.15, 0.2) is 0 Å². The van der Waals surface area contributed by atoms with Crippen LogP contribution in [0.25, 0.3) is 0 Å². The van der Waals surface area contributed by atoms with E-state index in [2.05, 4.69) is 22.0 Å². The van der Waals surface area contributed by atoms with Crippen molar-refractivity contribution in [1.82, 2.24) is 15.1 Å². The van der Waals surface area contributed by atoms with Gasteiger partial charge in [0.25, 0.3) is 0 Å². The van der Waals surface area contributed by atoms with Crippen molar-refractivity contribution in [2.24, 2.45) is 0 Å². The Labute approximate surface area is 120 Å². The van der Waals surface area contributed by atoms with Gasteiger partial charge in [0.2, 0.25) is 0 Å². The molecule has 0 spiro atoms. The lowest BCUT2D eigenvalue weighted by Gasteiger charge is -2.33. The van der Waals surface area contributed by atoms with Gasteiger partial charge in [-0.3, -0.25) is 9.80 Å². The van der Waals surface area contributed by atoms with Crippen molar-refractivity contribution in [2.75, 3.05) is 39.3 Å². The van der Waals surface area contributed by atoms with Gasteiger partial charge < -0.3 is 5.32 Å². The van der Waals surface area contributed by atoms with Crippen molar-refractivity contribution < 1.29 is 4.39 Å². The first-order valence-corrected chi connectivity index (χ1v) is 7.68. The summed E-state index contributed by atoms with van der Waals surface area (Å²) in [7, 11) is 0. The van der Waals surface area contributed by atoms with Crippen LogP contribution in [0, 0.1) is 5.82 Å². The zero-order valence-corrected chi connectivity index (χ0v) is 12.2. The van der Waals surface area contributed by atoms with Crippen LogP contribution >= 0.6 is 0 Å². The lowest BCUT2D eigenvalue weighted by molar-refractivity contribution is 0.162. The maximum Gasteiger partial charge on any atom is 0.123 e. The van der Waals surface area contributed by atoms with Crippen molar-refractivity contribution in [3.63, 3.8) is 0 Å². The van der Waals surface area contributed by atoms with Crippen LogP contribution < -0.4 is 5.32 Å². The molecule has 0 radical (unpaired) electrons. The zero-order valence-electron chi connectivity index (χ0n) is 12.2. The smallest absolute Gasteiger partial charge is 0.123 e. The van der Waals surface area contributed by atoms with Gasteiger partial charge in [0.05, 0.1) is 0 Å². The quantitative estimate of drug-likeness (QED) is 0.910. The van der Waals surface area contributed by atoms with E-state index in [1.54, 1.807) is 12.1 Å². The predicted molar refractivity (Wildman–Crippen MR) is 79.2 cm³/mol. The van der Waals surface area contributed by atoms with Gasteiger partial charge >= 0.3 is 0 Å². The first-order valence-electron chi connectivity index (χ1n) is 7.68. The molecule has 2 saturated heterocycles. The Morgan fingerprint density at radius 2 is 1.85 bits per heavy atom. The van der Waals surface area contributed by atoms with E-state index in [1.165, 1.54) is 25.1 Å². The summed E-state index contributed by atoms with van der Waals surface area (Å²) >= 11 is 0. The second-order valence-corrected chi connectivity index (χ2v) is 5.95. The van der Waals surface area contributed by atoms with Crippen LogP contribution in [0.5, 0.6) is 0 Å². The molecule has 0 aliphatic carbocycles. The molecule has 0 aromatic heterocycles. The Morgan fingerprint density at radius 1 is 1.15 bits per heavy atom. The molecule has 20 heavy (non-hydrogen) atoms. The molecule has 2 atom stereocenters. The summed E-state index contributed by atoms with van der Waals surface area (Å²) in [5.74, 6) is -0.152. The molecule has 2 unspecified atom stereocenters. The van der Waals surface area contributed by atoms with E-state index < -0.39 is 0 Å². The van der Waals surface area contributed by atoms with Gasteiger partial charge in [-0.1, -0.05) is 12.1 Å². The normalized spacial score (nSPS) is 26.8. The Morgan fingerprint density at radius 3 is 2.55 bits per heavy atom. The largest absolute Gasteiger partial charge is 0.314 e. The summed E-state index contributed by atoms with van der Waals surface area (Å²) in [6, 6.07) is 8.03. The number of benzene rings is 1. The predicted octanol–water partition coefficient (Wildman–Crippen LogP) is 1.87. The number of likely N-dealkylation sites (tertiary alicyclic amines) is 1. The molecule has 1 aromatic rings. The van der Waals surface area contributed by atoms with Crippen LogP contribution in [0.4, 0.5) is 4.39 Å². The van der Waals surface area contributed by atoms with Crippen LogP contribution in [0.15, 0.2) is 24.3 Å². The van der Waals surface area contributed by atoms with E-state index in [0.717, 1.165) is 26.2 Å². The maximum atomic E-state index is 13.0. The molecule has 2 aliphatic rings. The van der Waals surface area contributed by atoms with Crippen molar-refractivity contribution >= 4 is 0 Å². The number of rotatable bonds is 3. The van der Waals surface area contributed by atoms with E-state index in [0.29, 0.717) is 12.1 Å². The van der Waals surface area contributed by atoms with Crippen molar-refractivity contribution in [3.8, 4) is 0 Å². The third-order valence-electron chi connectivity index (χ3n) is 4.76. The third kappa shape index (κ3) is 3.03. The summed E-state index contributed by atoms with van der Waals surface area (Å²) in [5.41, 5.74) is 1.22. The Balaban J connectivity index is 1.60. The molecule has 3 nitrogen and oxygen atoms in total. The Kier molecular flexibility index (Phi) is 4.34. The average Bonchev–Trinajstić information content (AvgIpc) is 2.98. The van der Waals surface area contributed by atoms with Gasteiger partial charge in [0, 0.05) is 51.4 Å². The number of piperazine rings is 1. The number of nitrogens with zero attached hydrogens (tertiary/aromatic N) is 2. The lowest BCUT2D eigenvalue weighted by Crippen LogP contribution is -2.49. The zero-order chi connectivity index (χ0) is 13.9. The van der Waals surface area contributed by atoms with Crippen LogP contribution in [-0.2, 0) is 0 Å². The van der Waals surface area contributed by atoms with Crippen molar-refractivity contribution in [3.05, 3.63) is 35.6 Å². The van der Waals surface area contributed by atoms with Crippen LogP contribution in [0.1, 0.15) is 24.9 Å². The van der Waals surface area contributed by atoms with Crippen molar-refractivity contribution in [2.45, 2.75) is 25.4 Å². The number of nitrogens with one attached hydrogen (secondary N) is 1. The standard InChI is InChI=1S/C16H24FN3/c1-13(14-2-4-15(17)5-3-14)20-9-6-16(12-20)19-10-7-18-8-11-19/h2-5,13,16,18H,6-12H2,1H3. The van der Waals surface area contributed by atoms with E-state index in [9.17, 15) is 4.39 Å². The molecule has 1 aromatic carbocycles. The molecular weight excluding hydrogens is 253 g/mol. The molecule has 3 rings (SSSR count). The highest BCUT2D eigenvalue weighted by Gasteiger charge is 2.30. The molecule has 2 aliphatic heterocycles. The van der Waals surface area contributed by atoms with E-state index in [4.69, 9.17) is 0 Å². The topological polar surface area (TPSA) is 18.5 Å². The molecular formula is C16H24FN3. The Bertz CT molecular complexity index is 428. The fourth-order valence-corrected chi connectivity index (χ4v) is 3.42. The first kappa shape index (κ1) is 14.0. The summed E-state index contributed by atoms with van der Waals surface area (Å²) < 4.78 is 13.0. The van der Waals surface area contributed by atoms with Crippen LogP contribution in [-0.4, -0.2) is 55.1 Å². The van der Waals surface area contributed by atoms with E-state index in [-0.39, 0.29) is 5.82 Å². The minimum atomic E-state index is -0.152. The highest BCUT2D eigenvalue weighted by atomic mass is 19.1. The van der Waals surface area contributed by atoms with Gasteiger partial charge in [-0.15, -0.1) is 0 Å². The minimum Gasteiger partial charge on any atom is -0.314 e. The highest BCUT2D eigenvalue weighted by molar-refractivity contribution is 5.19. The molecule has 0 bridgehead atoms. The van der Waals surface area contributed by atoms with Crippen LogP contribution in [0.3, 0.4) is 0 Å². The molecule has 4 heteroatoms. The maximum absolute atomic E-state index is 13.0. The van der Waals surface area contributed by atoms with Crippen LogP contribution in [0.2, 0.25) is 0 Å².